The molecule has 6 nitrogen and oxygen atoms in total. The first-order valence-electron chi connectivity index (χ1n) is 11.8. The Labute approximate surface area is 208 Å². The molecule has 7 heteroatoms. The molecule has 182 valence electrons. The van der Waals surface area contributed by atoms with Crippen molar-refractivity contribution in [2.45, 2.75) is 26.2 Å². The lowest BCUT2D eigenvalue weighted by molar-refractivity contribution is -0.131. The van der Waals surface area contributed by atoms with Crippen LogP contribution in [0.15, 0.2) is 60.8 Å². The van der Waals surface area contributed by atoms with E-state index in [9.17, 15) is 9.18 Å². The number of hydrogen-bond donors (Lipinski definition) is 2. The molecule has 0 unspecified atom stereocenters. The summed E-state index contributed by atoms with van der Waals surface area (Å²) in [5, 5.41) is 15.9. The Kier molecular flexibility index (Phi) is 6.38. The number of nitrogens with zero attached hydrogens (tertiary/aromatic N) is 2. The molecule has 2 aromatic carbocycles. The third kappa shape index (κ3) is 4.52. The number of carbonyl (C=O) groups is 1. The number of fused-ring (bicyclic) bond motifs is 1. The van der Waals surface area contributed by atoms with Gasteiger partial charge in [0.05, 0.1) is 18.0 Å². The molecule has 0 spiro atoms. The van der Waals surface area contributed by atoms with E-state index in [4.69, 9.17) is 9.84 Å². The number of methoxy groups -OCH3 is 1. The Morgan fingerprint density at radius 3 is 2.53 bits per heavy atom. The molecule has 1 fully saturated rings. The highest BCUT2D eigenvalue weighted by Crippen LogP contribution is 2.46. The van der Waals surface area contributed by atoms with E-state index in [-0.39, 0.29) is 0 Å². The number of ether oxygens (including phenoxy) is 1. The Bertz CT molecular complexity index is 1500. The highest BCUT2D eigenvalue weighted by atomic mass is 19.1. The van der Waals surface area contributed by atoms with Crippen LogP contribution in [0.2, 0.25) is 0 Å². The van der Waals surface area contributed by atoms with Crippen molar-refractivity contribution in [3.8, 4) is 5.88 Å². The minimum Gasteiger partial charge on any atom is -0.481 e. The molecule has 2 heterocycles. The van der Waals surface area contributed by atoms with Gasteiger partial charge in [0.15, 0.2) is 0 Å². The van der Waals surface area contributed by atoms with Crippen molar-refractivity contribution in [3.63, 3.8) is 0 Å². The van der Waals surface area contributed by atoms with Gasteiger partial charge in [-0.2, -0.15) is 9.49 Å². The molecular weight excluding hydrogens is 457 g/mol. The third-order valence-corrected chi connectivity index (χ3v) is 6.78. The largest absolute Gasteiger partial charge is 0.481 e. The van der Waals surface area contributed by atoms with E-state index in [0.29, 0.717) is 22.7 Å². The van der Waals surface area contributed by atoms with Gasteiger partial charge in [-0.15, -0.1) is 0 Å². The zero-order valence-corrected chi connectivity index (χ0v) is 20.1. The number of halogens is 1. The van der Waals surface area contributed by atoms with Crippen LogP contribution in [-0.2, 0) is 4.79 Å². The Hall–Kier alpha value is -4.26. The summed E-state index contributed by atoms with van der Waals surface area (Å²) in [7, 11) is 1.60. The van der Waals surface area contributed by atoms with E-state index in [0.717, 1.165) is 58.7 Å². The van der Waals surface area contributed by atoms with Crippen LogP contribution in [0, 0.1) is 18.8 Å². The number of benzene rings is 2. The molecule has 0 aliphatic heterocycles. The summed E-state index contributed by atoms with van der Waals surface area (Å²) in [6.45, 7) is 2.05. The predicted octanol–water partition coefficient (Wildman–Crippen LogP) is 6.27. The van der Waals surface area contributed by atoms with Gasteiger partial charge >= 0.3 is 5.97 Å². The molecule has 2 N–H and O–H groups in total. The summed E-state index contributed by atoms with van der Waals surface area (Å²) in [4.78, 5) is 15.4. The maximum Gasteiger partial charge on any atom is 0.328 e. The number of H-pyrrole nitrogens is 1. The quantitative estimate of drug-likeness (QED) is 0.303. The van der Waals surface area contributed by atoms with Crippen LogP contribution in [0.3, 0.4) is 0 Å². The first-order valence-corrected chi connectivity index (χ1v) is 11.8. The molecule has 36 heavy (non-hydrogen) atoms. The number of pyridine rings is 1. The lowest BCUT2D eigenvalue weighted by Gasteiger charge is -2.32. The zero-order valence-electron chi connectivity index (χ0n) is 20.1. The van der Waals surface area contributed by atoms with Crippen LogP contribution in [0.4, 0.5) is 4.39 Å². The zero-order chi connectivity index (χ0) is 25.2. The van der Waals surface area contributed by atoms with Gasteiger partial charge in [0.25, 0.3) is 0 Å². The van der Waals surface area contributed by atoms with Crippen molar-refractivity contribution in [3.05, 3.63) is 94.6 Å². The fraction of sp³-hybridized carbons (Fsp3) is 0.207. The first-order chi connectivity index (χ1) is 17.4. The average molecular weight is 484 g/mol. The van der Waals surface area contributed by atoms with Gasteiger partial charge in [-0.05, 0) is 77.3 Å². The van der Waals surface area contributed by atoms with Gasteiger partial charge < -0.3 is 9.84 Å². The van der Waals surface area contributed by atoms with E-state index in [1.807, 2.05) is 54.7 Å². The van der Waals surface area contributed by atoms with Gasteiger partial charge in [-0.3, -0.25) is 5.10 Å². The molecule has 1 aliphatic carbocycles. The van der Waals surface area contributed by atoms with Gasteiger partial charge in [-0.25, -0.2) is 9.78 Å². The molecule has 0 saturated heterocycles. The first kappa shape index (κ1) is 23.5. The van der Waals surface area contributed by atoms with Crippen LogP contribution < -0.4 is 4.74 Å². The van der Waals surface area contributed by atoms with Gasteiger partial charge in [0.2, 0.25) is 11.8 Å². The fourth-order valence-electron chi connectivity index (χ4n) is 4.72. The normalized spacial score (nSPS) is 14.6. The van der Waals surface area contributed by atoms with Crippen LogP contribution in [0.5, 0.6) is 5.88 Å². The predicted molar refractivity (Wildman–Crippen MR) is 138 cm³/mol. The average Bonchev–Trinajstić information content (AvgIpc) is 3.22. The molecule has 0 radical (unpaired) electrons. The summed E-state index contributed by atoms with van der Waals surface area (Å²) in [5.41, 5.74) is 7.46. The molecule has 1 aliphatic rings. The maximum atomic E-state index is 14.5. The molecule has 0 amide bonds. The molecular formula is C29H26FN3O3. The summed E-state index contributed by atoms with van der Waals surface area (Å²) in [5.74, 6) is -0.565. The van der Waals surface area contributed by atoms with Crippen molar-refractivity contribution in [1.82, 2.24) is 15.2 Å². The number of hydrogen-bond acceptors (Lipinski definition) is 4. The second-order valence-corrected chi connectivity index (χ2v) is 9.02. The van der Waals surface area contributed by atoms with Crippen molar-refractivity contribution in [2.24, 2.45) is 5.92 Å². The highest BCUT2D eigenvalue weighted by molar-refractivity contribution is 6.01. The van der Waals surface area contributed by atoms with Gasteiger partial charge in [0, 0.05) is 23.9 Å². The van der Waals surface area contributed by atoms with E-state index < -0.39 is 11.9 Å². The Morgan fingerprint density at radius 1 is 1.14 bits per heavy atom. The smallest absolute Gasteiger partial charge is 0.328 e. The van der Waals surface area contributed by atoms with Crippen molar-refractivity contribution >= 4 is 34.1 Å². The second-order valence-electron chi connectivity index (χ2n) is 9.02. The van der Waals surface area contributed by atoms with E-state index >= 15 is 0 Å². The number of allylic oxidation sites excluding steroid dienone is 1. The van der Waals surface area contributed by atoms with Crippen molar-refractivity contribution in [1.29, 1.82) is 0 Å². The minimum atomic E-state index is -0.996. The van der Waals surface area contributed by atoms with E-state index in [1.54, 1.807) is 13.2 Å². The number of rotatable bonds is 7. The van der Waals surface area contributed by atoms with Gasteiger partial charge in [-0.1, -0.05) is 36.8 Å². The number of aromatic amines is 1. The van der Waals surface area contributed by atoms with Crippen molar-refractivity contribution < 1.29 is 19.0 Å². The number of carboxylic acid groups (broad SMARTS) is 1. The number of aromatic nitrogens is 3. The van der Waals surface area contributed by atoms with Crippen LogP contribution >= 0.6 is 0 Å². The molecule has 0 atom stereocenters. The summed E-state index contributed by atoms with van der Waals surface area (Å²) >= 11 is 0. The number of aliphatic carboxylic acids is 1. The van der Waals surface area contributed by atoms with Crippen molar-refractivity contribution in [2.75, 3.05) is 7.11 Å². The SMILES string of the molecule is COc1cc(C)c(/C(=C(\c2ccc(/C=C/C(=O)O)cc2)c2ccc3n[nH]c(F)c3c2)C2CCC2)cn1. The molecule has 5 rings (SSSR count). The maximum absolute atomic E-state index is 14.5. The van der Waals surface area contributed by atoms with Crippen LogP contribution in [0.1, 0.15) is 47.1 Å². The summed E-state index contributed by atoms with van der Waals surface area (Å²) < 4.78 is 19.8. The molecule has 4 aromatic rings. The molecule has 2 aromatic heterocycles. The minimum absolute atomic E-state index is 0.338. The van der Waals surface area contributed by atoms with Crippen LogP contribution in [-0.4, -0.2) is 33.4 Å². The lowest BCUT2D eigenvalue weighted by atomic mass is 9.72. The lowest BCUT2D eigenvalue weighted by Crippen LogP contribution is -2.16. The third-order valence-electron chi connectivity index (χ3n) is 6.78. The van der Waals surface area contributed by atoms with E-state index in [2.05, 4.69) is 22.1 Å². The summed E-state index contributed by atoms with van der Waals surface area (Å²) in [6, 6.07) is 15.3. The monoisotopic (exact) mass is 483 g/mol. The number of aryl methyl sites for hydroxylation is 1. The fourth-order valence-corrected chi connectivity index (χ4v) is 4.72. The Balaban J connectivity index is 1.76. The number of nitrogens with one attached hydrogen (secondary N) is 1. The van der Waals surface area contributed by atoms with E-state index in [1.165, 1.54) is 5.57 Å². The molecule has 1 saturated carbocycles. The standard InChI is InChI=1S/C29H26FN3O3/c1-17-14-25(36-2)31-16-23(17)28(19-4-3-5-19)27(20-9-6-18(7-10-20)8-13-26(34)35)21-11-12-24-22(15-21)29(30)33-32-24/h6-16,19H,3-5H2,1-2H3,(H,32,33)(H,34,35)/b13-8+,28-27+. The second kappa shape index (κ2) is 9.77. The molecule has 0 bridgehead atoms. The summed E-state index contributed by atoms with van der Waals surface area (Å²) in [6.07, 6.45) is 7.82. The Morgan fingerprint density at radius 2 is 1.89 bits per heavy atom. The number of carboxylic acids is 1. The highest BCUT2D eigenvalue weighted by Gasteiger charge is 2.28. The topological polar surface area (TPSA) is 88.1 Å². The van der Waals surface area contributed by atoms with Crippen LogP contribution in [0.25, 0.3) is 28.1 Å². The van der Waals surface area contributed by atoms with Gasteiger partial charge in [0.1, 0.15) is 0 Å².